The zero-order valence-electron chi connectivity index (χ0n) is 22.0. The molecule has 39 heavy (non-hydrogen) atoms. The number of nitrogens with one attached hydrogen (secondary N) is 1. The van der Waals surface area contributed by atoms with Crippen molar-refractivity contribution >= 4 is 50.7 Å². The fourth-order valence-corrected chi connectivity index (χ4v) is 5.17. The van der Waals surface area contributed by atoms with E-state index in [1.165, 1.54) is 4.90 Å². The number of amides is 2. The monoisotopic (exact) mass is 589 g/mol. The van der Waals surface area contributed by atoms with Gasteiger partial charge in [0, 0.05) is 29.6 Å². The lowest BCUT2D eigenvalue weighted by molar-refractivity contribution is -0.140. The first-order valence-electron chi connectivity index (χ1n) is 12.7. The highest BCUT2D eigenvalue weighted by Gasteiger charge is 2.33. The molecule has 2 amide bonds. The summed E-state index contributed by atoms with van der Waals surface area (Å²) in [6, 6.07) is 21.7. The van der Waals surface area contributed by atoms with Gasteiger partial charge in [-0.15, -0.1) is 0 Å². The van der Waals surface area contributed by atoms with Gasteiger partial charge in [-0.1, -0.05) is 79.0 Å². The summed E-state index contributed by atoms with van der Waals surface area (Å²) < 4.78 is 26.6. The SMILES string of the molecule is CCCCNC(=O)[C@H](Cc1ccccc1)N(Cc1ccc(Cl)cc1)C(=O)CN(c1ccc(Cl)cc1)S(C)(=O)=O. The van der Waals surface area contributed by atoms with Gasteiger partial charge in [0.25, 0.3) is 0 Å². The standard InChI is InChI=1S/C29H33Cl2N3O4S/c1-3-4-18-32-29(36)27(19-22-8-6-5-7-9-22)33(20-23-10-12-24(30)13-11-23)28(35)21-34(39(2,37)38)26-16-14-25(31)15-17-26/h5-17,27H,3-4,18-21H2,1-2H3,(H,32,36)/t27-/m0/s1. The summed E-state index contributed by atoms with van der Waals surface area (Å²) >= 11 is 12.1. The number of halogens is 2. The molecule has 0 unspecified atom stereocenters. The summed E-state index contributed by atoms with van der Waals surface area (Å²) in [7, 11) is -3.84. The van der Waals surface area contributed by atoms with Crippen molar-refractivity contribution in [3.8, 4) is 0 Å². The second-order valence-corrected chi connectivity index (χ2v) is 12.0. The maximum Gasteiger partial charge on any atom is 0.244 e. The average molecular weight is 591 g/mol. The number of sulfonamides is 1. The first-order valence-corrected chi connectivity index (χ1v) is 15.3. The third-order valence-corrected chi connectivity index (χ3v) is 7.81. The van der Waals surface area contributed by atoms with Crippen molar-refractivity contribution in [2.45, 2.75) is 38.8 Å². The van der Waals surface area contributed by atoms with Crippen LogP contribution in [0, 0.1) is 0 Å². The summed E-state index contributed by atoms with van der Waals surface area (Å²) in [5.41, 5.74) is 1.93. The molecule has 1 N–H and O–H groups in total. The second-order valence-electron chi connectivity index (χ2n) is 9.24. The molecule has 0 aliphatic heterocycles. The summed E-state index contributed by atoms with van der Waals surface area (Å²) in [4.78, 5) is 28.9. The van der Waals surface area contributed by atoms with Gasteiger partial charge in [-0.25, -0.2) is 8.42 Å². The largest absolute Gasteiger partial charge is 0.354 e. The van der Waals surface area contributed by atoms with E-state index < -0.39 is 28.5 Å². The quantitative estimate of drug-likeness (QED) is 0.273. The van der Waals surface area contributed by atoms with Gasteiger partial charge in [-0.05, 0) is 53.9 Å². The molecule has 0 fully saturated rings. The molecule has 0 aliphatic carbocycles. The van der Waals surface area contributed by atoms with Crippen LogP contribution < -0.4 is 9.62 Å². The summed E-state index contributed by atoms with van der Waals surface area (Å²) in [6.45, 7) is 2.11. The number of rotatable bonds is 13. The molecule has 3 aromatic carbocycles. The first-order chi connectivity index (χ1) is 18.6. The number of nitrogens with zero attached hydrogens (tertiary/aromatic N) is 2. The molecule has 0 saturated heterocycles. The molecule has 0 heterocycles. The zero-order chi connectivity index (χ0) is 28.4. The van der Waals surface area contributed by atoms with Crippen molar-refractivity contribution in [3.63, 3.8) is 0 Å². The minimum Gasteiger partial charge on any atom is -0.354 e. The van der Waals surface area contributed by atoms with Crippen molar-refractivity contribution in [1.82, 2.24) is 10.2 Å². The Morgan fingerprint density at radius 1 is 0.872 bits per heavy atom. The molecule has 3 aromatic rings. The van der Waals surface area contributed by atoms with Gasteiger partial charge in [0.05, 0.1) is 11.9 Å². The highest BCUT2D eigenvalue weighted by molar-refractivity contribution is 7.92. The number of carbonyl (C=O) groups excluding carboxylic acids is 2. The molecular weight excluding hydrogens is 557 g/mol. The highest BCUT2D eigenvalue weighted by atomic mass is 35.5. The topological polar surface area (TPSA) is 86.8 Å². The molecule has 7 nitrogen and oxygen atoms in total. The maximum absolute atomic E-state index is 14.0. The van der Waals surface area contributed by atoms with E-state index in [-0.39, 0.29) is 18.9 Å². The van der Waals surface area contributed by atoms with Crippen LogP contribution in [-0.2, 0) is 32.6 Å². The molecule has 0 spiro atoms. The third kappa shape index (κ3) is 9.27. The van der Waals surface area contributed by atoms with Gasteiger partial charge in [-0.2, -0.15) is 0 Å². The Labute approximate surface area is 240 Å². The first kappa shape index (κ1) is 30.5. The van der Waals surface area contributed by atoms with E-state index in [0.29, 0.717) is 22.3 Å². The third-order valence-electron chi connectivity index (χ3n) is 6.16. The predicted octanol–water partition coefficient (Wildman–Crippen LogP) is 5.32. The van der Waals surface area contributed by atoms with Gasteiger partial charge in [-0.3, -0.25) is 13.9 Å². The van der Waals surface area contributed by atoms with E-state index in [2.05, 4.69) is 5.32 Å². The van der Waals surface area contributed by atoms with Crippen LogP contribution >= 0.6 is 23.2 Å². The van der Waals surface area contributed by atoms with Crippen LogP contribution in [0.2, 0.25) is 10.0 Å². The average Bonchev–Trinajstić information content (AvgIpc) is 2.91. The molecular formula is C29H33Cl2N3O4S. The number of anilines is 1. The van der Waals surface area contributed by atoms with Crippen LogP contribution in [0.25, 0.3) is 0 Å². The van der Waals surface area contributed by atoms with Crippen molar-refractivity contribution in [3.05, 3.63) is 100 Å². The van der Waals surface area contributed by atoms with Gasteiger partial charge >= 0.3 is 0 Å². The summed E-state index contributed by atoms with van der Waals surface area (Å²) in [5, 5.41) is 3.94. The lowest BCUT2D eigenvalue weighted by Gasteiger charge is -2.33. The van der Waals surface area contributed by atoms with Crippen LogP contribution in [0.5, 0.6) is 0 Å². The molecule has 0 radical (unpaired) electrons. The van der Waals surface area contributed by atoms with E-state index >= 15 is 0 Å². The molecule has 1 atom stereocenters. The van der Waals surface area contributed by atoms with Gasteiger partial charge in [0.2, 0.25) is 21.8 Å². The Hall–Kier alpha value is -3.07. The van der Waals surface area contributed by atoms with E-state index in [1.54, 1.807) is 48.5 Å². The predicted molar refractivity (Wildman–Crippen MR) is 157 cm³/mol. The minimum atomic E-state index is -3.84. The van der Waals surface area contributed by atoms with E-state index in [9.17, 15) is 18.0 Å². The van der Waals surface area contributed by atoms with E-state index in [0.717, 1.165) is 34.5 Å². The fourth-order valence-electron chi connectivity index (χ4n) is 4.07. The smallest absolute Gasteiger partial charge is 0.244 e. The molecule has 0 aliphatic rings. The minimum absolute atomic E-state index is 0.0902. The second kappa shape index (κ2) is 14.4. The summed E-state index contributed by atoms with van der Waals surface area (Å²) in [6.07, 6.45) is 3.00. The number of hydrogen-bond acceptors (Lipinski definition) is 4. The van der Waals surface area contributed by atoms with E-state index in [1.807, 2.05) is 37.3 Å². The normalized spacial score (nSPS) is 12.0. The zero-order valence-corrected chi connectivity index (χ0v) is 24.3. The number of benzene rings is 3. The molecule has 3 rings (SSSR count). The van der Waals surface area contributed by atoms with Gasteiger partial charge < -0.3 is 10.2 Å². The molecule has 0 aromatic heterocycles. The highest BCUT2D eigenvalue weighted by Crippen LogP contribution is 2.22. The molecule has 10 heteroatoms. The van der Waals surface area contributed by atoms with Crippen LogP contribution in [0.3, 0.4) is 0 Å². The Morgan fingerprint density at radius 3 is 2.03 bits per heavy atom. The van der Waals surface area contributed by atoms with Crippen molar-refractivity contribution in [2.24, 2.45) is 0 Å². The lowest BCUT2D eigenvalue weighted by Crippen LogP contribution is -2.53. The van der Waals surface area contributed by atoms with Gasteiger partial charge in [0.15, 0.2) is 0 Å². The molecule has 208 valence electrons. The molecule has 0 saturated carbocycles. The van der Waals surface area contributed by atoms with Crippen LogP contribution in [0.4, 0.5) is 5.69 Å². The van der Waals surface area contributed by atoms with E-state index in [4.69, 9.17) is 23.2 Å². The Balaban J connectivity index is 2.01. The number of carbonyl (C=O) groups is 2. The van der Waals surface area contributed by atoms with Crippen molar-refractivity contribution in [2.75, 3.05) is 23.7 Å². The number of unbranched alkanes of at least 4 members (excludes halogenated alkanes) is 1. The van der Waals surface area contributed by atoms with Crippen molar-refractivity contribution < 1.29 is 18.0 Å². The van der Waals surface area contributed by atoms with Crippen LogP contribution in [-0.4, -0.2) is 50.5 Å². The Bertz CT molecular complexity index is 1340. The van der Waals surface area contributed by atoms with Crippen LogP contribution in [0.15, 0.2) is 78.9 Å². The fraction of sp³-hybridized carbons (Fsp3) is 0.310. The molecule has 0 bridgehead atoms. The maximum atomic E-state index is 14.0. The van der Waals surface area contributed by atoms with Gasteiger partial charge in [0.1, 0.15) is 12.6 Å². The summed E-state index contributed by atoms with van der Waals surface area (Å²) in [5.74, 6) is -0.816. The number of hydrogen-bond donors (Lipinski definition) is 1. The Morgan fingerprint density at radius 2 is 1.46 bits per heavy atom. The lowest BCUT2D eigenvalue weighted by atomic mass is 10.0. The van der Waals surface area contributed by atoms with Crippen molar-refractivity contribution in [1.29, 1.82) is 0 Å². The Kier molecular flexibility index (Phi) is 11.2. The van der Waals surface area contributed by atoms with Crippen LogP contribution in [0.1, 0.15) is 30.9 Å².